The van der Waals surface area contributed by atoms with Gasteiger partial charge >= 0.3 is 0 Å². The van der Waals surface area contributed by atoms with Gasteiger partial charge in [-0.2, -0.15) is 0 Å². The normalized spacial score (nSPS) is 10.9. The maximum absolute atomic E-state index is 10.3. The average molecular weight is 156 g/mol. The van der Waals surface area contributed by atoms with Gasteiger partial charge in [0.1, 0.15) is 6.29 Å². The van der Waals surface area contributed by atoms with E-state index in [4.69, 9.17) is 0 Å². The highest BCUT2D eigenvalue weighted by Crippen LogP contribution is 2.12. The number of allylic oxidation sites excluding steroid dienone is 1. The van der Waals surface area contributed by atoms with E-state index in [9.17, 15) is 4.79 Å². The Morgan fingerprint density at radius 3 is 2.00 bits per heavy atom. The summed E-state index contributed by atoms with van der Waals surface area (Å²) in [5.41, 5.74) is 1.05. The number of aldehydes is 1. The molecule has 0 radical (unpaired) electrons. The van der Waals surface area contributed by atoms with Gasteiger partial charge < -0.3 is 4.79 Å². The number of carbonyl (C=O) groups is 1. The molecule has 1 heteroatoms. The SMILES string of the molecule is C=C(CC)C(C=O)CC.CC. The van der Waals surface area contributed by atoms with Gasteiger partial charge in [-0.1, -0.05) is 39.8 Å². The minimum absolute atomic E-state index is 0.0926. The fraction of sp³-hybridized carbons (Fsp3) is 0.700. The van der Waals surface area contributed by atoms with Crippen LogP contribution in [0.5, 0.6) is 0 Å². The maximum Gasteiger partial charge on any atom is 0.127 e. The van der Waals surface area contributed by atoms with Crippen LogP contribution in [0, 0.1) is 5.92 Å². The van der Waals surface area contributed by atoms with Gasteiger partial charge in [-0.15, -0.1) is 0 Å². The molecule has 0 fully saturated rings. The largest absolute Gasteiger partial charge is 0.303 e. The van der Waals surface area contributed by atoms with Crippen LogP contribution in [0.4, 0.5) is 0 Å². The quantitative estimate of drug-likeness (QED) is 0.451. The Kier molecular flexibility index (Phi) is 11.1. The predicted molar refractivity (Wildman–Crippen MR) is 50.6 cm³/mol. The van der Waals surface area contributed by atoms with Gasteiger partial charge in [0, 0.05) is 5.92 Å². The van der Waals surface area contributed by atoms with Crippen LogP contribution in [0.1, 0.15) is 40.5 Å². The summed E-state index contributed by atoms with van der Waals surface area (Å²) >= 11 is 0. The van der Waals surface area contributed by atoms with E-state index in [2.05, 4.69) is 6.58 Å². The molecule has 0 bridgehead atoms. The Morgan fingerprint density at radius 1 is 1.45 bits per heavy atom. The first-order chi connectivity index (χ1) is 5.26. The third-order valence-electron chi connectivity index (χ3n) is 1.58. The highest BCUT2D eigenvalue weighted by molar-refractivity contribution is 5.58. The topological polar surface area (TPSA) is 17.1 Å². The molecule has 0 saturated carbocycles. The van der Waals surface area contributed by atoms with Crippen molar-refractivity contribution in [3.8, 4) is 0 Å². The predicted octanol–water partition coefficient (Wildman–Crippen LogP) is 3.20. The molecular formula is C10H20O. The summed E-state index contributed by atoms with van der Waals surface area (Å²) in [5.74, 6) is 0.0926. The van der Waals surface area contributed by atoms with Gasteiger partial charge in [-0.3, -0.25) is 0 Å². The van der Waals surface area contributed by atoms with E-state index >= 15 is 0 Å². The molecule has 0 saturated heterocycles. The molecule has 0 aromatic carbocycles. The Labute approximate surface area is 70.5 Å². The summed E-state index contributed by atoms with van der Waals surface area (Å²) < 4.78 is 0. The Balaban J connectivity index is 0. The molecular weight excluding hydrogens is 136 g/mol. The smallest absolute Gasteiger partial charge is 0.127 e. The first kappa shape index (κ1) is 13.0. The lowest BCUT2D eigenvalue weighted by Crippen LogP contribution is -2.01. The Bertz CT molecular complexity index is 105. The standard InChI is InChI=1S/C8H14O.C2H6/c1-4-7(3)8(5-2)6-9;1-2/h6,8H,3-5H2,1-2H3;1-2H3. The molecule has 1 nitrogen and oxygen atoms in total. The van der Waals surface area contributed by atoms with E-state index < -0.39 is 0 Å². The van der Waals surface area contributed by atoms with Crippen molar-refractivity contribution < 1.29 is 4.79 Å². The summed E-state index contributed by atoms with van der Waals surface area (Å²) in [4.78, 5) is 10.3. The molecule has 0 heterocycles. The molecule has 11 heavy (non-hydrogen) atoms. The van der Waals surface area contributed by atoms with Gasteiger partial charge in [0.2, 0.25) is 0 Å². The van der Waals surface area contributed by atoms with Crippen LogP contribution in [0.2, 0.25) is 0 Å². The summed E-state index contributed by atoms with van der Waals surface area (Å²) in [6, 6.07) is 0. The summed E-state index contributed by atoms with van der Waals surface area (Å²) in [7, 11) is 0. The van der Waals surface area contributed by atoms with Crippen LogP contribution in [0.25, 0.3) is 0 Å². The Hall–Kier alpha value is -0.590. The highest BCUT2D eigenvalue weighted by Gasteiger charge is 2.05. The van der Waals surface area contributed by atoms with Crippen molar-refractivity contribution in [2.45, 2.75) is 40.5 Å². The molecule has 1 atom stereocenters. The zero-order valence-corrected chi connectivity index (χ0v) is 8.18. The van der Waals surface area contributed by atoms with Crippen LogP contribution in [-0.4, -0.2) is 6.29 Å². The molecule has 0 aliphatic carbocycles. The van der Waals surface area contributed by atoms with Crippen LogP contribution < -0.4 is 0 Å². The second-order valence-corrected chi connectivity index (χ2v) is 2.16. The van der Waals surface area contributed by atoms with Crippen molar-refractivity contribution in [3.63, 3.8) is 0 Å². The average Bonchev–Trinajstić information content (AvgIpc) is 2.10. The van der Waals surface area contributed by atoms with Crippen molar-refractivity contribution >= 4 is 6.29 Å². The lowest BCUT2D eigenvalue weighted by molar-refractivity contribution is -0.110. The van der Waals surface area contributed by atoms with Crippen LogP contribution in [-0.2, 0) is 4.79 Å². The van der Waals surface area contributed by atoms with Crippen LogP contribution in [0.15, 0.2) is 12.2 Å². The van der Waals surface area contributed by atoms with E-state index in [1.807, 2.05) is 27.7 Å². The second kappa shape index (κ2) is 9.41. The van der Waals surface area contributed by atoms with Gasteiger partial charge in [0.15, 0.2) is 0 Å². The zero-order chi connectivity index (χ0) is 9.28. The molecule has 0 spiro atoms. The van der Waals surface area contributed by atoms with Crippen molar-refractivity contribution in [2.24, 2.45) is 5.92 Å². The molecule has 0 amide bonds. The summed E-state index contributed by atoms with van der Waals surface area (Å²) in [6.45, 7) is 11.8. The van der Waals surface area contributed by atoms with E-state index in [1.54, 1.807) is 0 Å². The molecule has 1 unspecified atom stereocenters. The lowest BCUT2D eigenvalue weighted by Gasteiger charge is -2.06. The lowest BCUT2D eigenvalue weighted by atomic mass is 9.98. The third-order valence-corrected chi connectivity index (χ3v) is 1.58. The minimum Gasteiger partial charge on any atom is -0.303 e. The van der Waals surface area contributed by atoms with Gasteiger partial charge in [0.25, 0.3) is 0 Å². The maximum atomic E-state index is 10.3. The highest BCUT2D eigenvalue weighted by atomic mass is 16.1. The van der Waals surface area contributed by atoms with Crippen LogP contribution in [0.3, 0.4) is 0 Å². The molecule has 66 valence electrons. The molecule has 0 aliphatic heterocycles. The van der Waals surface area contributed by atoms with Crippen molar-refractivity contribution in [1.82, 2.24) is 0 Å². The number of hydrogen-bond donors (Lipinski definition) is 0. The van der Waals surface area contributed by atoms with Gasteiger partial charge in [0.05, 0.1) is 0 Å². The van der Waals surface area contributed by atoms with Crippen molar-refractivity contribution in [2.75, 3.05) is 0 Å². The Morgan fingerprint density at radius 2 is 1.91 bits per heavy atom. The van der Waals surface area contributed by atoms with Crippen molar-refractivity contribution in [1.29, 1.82) is 0 Å². The van der Waals surface area contributed by atoms with E-state index in [-0.39, 0.29) is 5.92 Å². The fourth-order valence-electron chi connectivity index (χ4n) is 0.743. The molecule has 0 aromatic heterocycles. The first-order valence-corrected chi connectivity index (χ1v) is 4.39. The minimum atomic E-state index is 0.0926. The van der Waals surface area contributed by atoms with Gasteiger partial charge in [-0.25, -0.2) is 0 Å². The zero-order valence-electron chi connectivity index (χ0n) is 8.18. The number of carbonyl (C=O) groups excluding carboxylic acids is 1. The first-order valence-electron chi connectivity index (χ1n) is 4.39. The third kappa shape index (κ3) is 5.84. The molecule has 0 N–H and O–H groups in total. The number of hydrogen-bond acceptors (Lipinski definition) is 1. The van der Waals surface area contributed by atoms with Crippen molar-refractivity contribution in [3.05, 3.63) is 12.2 Å². The number of rotatable bonds is 4. The molecule has 0 aromatic rings. The van der Waals surface area contributed by atoms with Gasteiger partial charge in [-0.05, 0) is 12.8 Å². The summed E-state index contributed by atoms with van der Waals surface area (Å²) in [6.07, 6.45) is 2.78. The monoisotopic (exact) mass is 156 g/mol. The van der Waals surface area contributed by atoms with E-state index in [0.29, 0.717) is 0 Å². The fourth-order valence-corrected chi connectivity index (χ4v) is 0.743. The second-order valence-electron chi connectivity index (χ2n) is 2.16. The van der Waals surface area contributed by atoms with E-state index in [1.165, 1.54) is 0 Å². The van der Waals surface area contributed by atoms with E-state index in [0.717, 1.165) is 24.7 Å². The summed E-state index contributed by atoms with van der Waals surface area (Å²) in [5, 5.41) is 0. The van der Waals surface area contributed by atoms with Crippen LogP contribution >= 0.6 is 0 Å². The molecule has 0 rings (SSSR count). The molecule has 0 aliphatic rings.